The third kappa shape index (κ3) is 11.6. The minimum Gasteiger partial charge on any atom is -0.496 e. The number of fused-ring (bicyclic) bond motifs is 2. The number of aromatic amines is 2. The lowest BCUT2D eigenvalue weighted by molar-refractivity contribution is -0.171. The van der Waals surface area contributed by atoms with Gasteiger partial charge >= 0.3 is 18.1 Å². The van der Waals surface area contributed by atoms with Gasteiger partial charge in [-0.3, -0.25) is 28.8 Å². The lowest BCUT2D eigenvalue weighted by atomic mass is 9.74. The first-order chi connectivity index (χ1) is 36.3. The molecular weight excluding hydrogens is 989 g/mol. The van der Waals surface area contributed by atoms with Crippen LogP contribution in [0.1, 0.15) is 100 Å². The molecule has 76 heavy (non-hydrogen) atoms. The predicted octanol–water partition coefficient (Wildman–Crippen LogP) is 3.61. The van der Waals surface area contributed by atoms with E-state index < -0.39 is 114 Å². The number of ether oxygens (including phenoxy) is 4. The minimum absolute atomic E-state index is 0.0100. The van der Waals surface area contributed by atoms with E-state index in [2.05, 4.69) is 42.2 Å². The van der Waals surface area contributed by atoms with E-state index in [1.54, 1.807) is 76.2 Å². The van der Waals surface area contributed by atoms with Crippen molar-refractivity contribution >= 4 is 75.1 Å². The second-order valence-corrected chi connectivity index (χ2v) is 21.0. The van der Waals surface area contributed by atoms with Crippen LogP contribution in [0.5, 0.6) is 11.5 Å². The van der Waals surface area contributed by atoms with Gasteiger partial charge < -0.3 is 59.9 Å². The molecule has 0 radical (unpaired) electrons. The Balaban J connectivity index is 1.10. The van der Waals surface area contributed by atoms with Crippen molar-refractivity contribution in [2.24, 2.45) is 35.5 Å². The molecule has 4 aromatic rings. The summed E-state index contributed by atoms with van der Waals surface area (Å²) in [6, 6.07) is 11.2. The molecule has 408 valence electrons. The average molecular weight is 1060 g/mol. The molecule has 4 aliphatic heterocycles. The van der Waals surface area contributed by atoms with Gasteiger partial charge in [0.25, 0.3) is 11.8 Å². The van der Waals surface area contributed by atoms with Gasteiger partial charge in [-0.05, 0) is 86.8 Å². The van der Waals surface area contributed by atoms with Crippen LogP contribution in [0.15, 0.2) is 48.5 Å². The number of amides is 4. The number of ketones is 2. The molecule has 0 bridgehead atoms. The van der Waals surface area contributed by atoms with Crippen LogP contribution in [0.4, 0.5) is 4.79 Å². The minimum atomic E-state index is -2.04. The van der Waals surface area contributed by atoms with E-state index in [9.17, 15) is 43.2 Å². The fourth-order valence-electron chi connectivity index (χ4n) is 11.1. The third-order valence-corrected chi connectivity index (χ3v) is 14.9. The SMILES string of the molecule is COc1cccc2[nH]c(C(=O)N[C@]3(CC(C)C)C(=O)ON[C@@H](C[C@@H]4CCNC4=O)C(=O)C[C@@H]3COC(=O)OC[C@H]3CC(=O)[C@H](C[C@@H]4CCNC4=O)NOC(=O)[C@@]3(CC(C)C)NC(=O)c3cc4c(OC)cccc4[nH]3)cc12. The first kappa shape index (κ1) is 54.7. The number of aromatic nitrogens is 2. The fraction of sp³-hybridized carbons (Fsp3) is 0.528. The maximum absolute atomic E-state index is 14.7. The number of carbonyl (C=O) groups excluding carboxylic acids is 9. The number of benzene rings is 2. The molecule has 2 aromatic heterocycles. The summed E-state index contributed by atoms with van der Waals surface area (Å²) in [4.78, 5) is 144. The Kier molecular flexibility index (Phi) is 16.7. The number of carbonyl (C=O) groups is 9. The highest BCUT2D eigenvalue weighted by atomic mass is 16.7. The zero-order valence-corrected chi connectivity index (χ0v) is 43.3. The van der Waals surface area contributed by atoms with Gasteiger partial charge in [0.05, 0.1) is 14.2 Å². The number of hydrogen-bond acceptors (Lipinski definition) is 17. The van der Waals surface area contributed by atoms with E-state index in [1.165, 1.54) is 14.2 Å². The first-order valence-corrected chi connectivity index (χ1v) is 25.6. The van der Waals surface area contributed by atoms with Gasteiger partial charge in [0.1, 0.15) is 59.3 Å². The fourth-order valence-corrected chi connectivity index (χ4v) is 11.1. The summed E-state index contributed by atoms with van der Waals surface area (Å²) in [5.41, 5.74) is 2.27. The maximum Gasteiger partial charge on any atom is 0.508 e. The van der Waals surface area contributed by atoms with Gasteiger partial charge in [-0.25, -0.2) is 14.4 Å². The molecule has 4 fully saturated rings. The normalized spacial score (nSPS) is 26.2. The summed E-state index contributed by atoms with van der Waals surface area (Å²) in [6.45, 7) is 6.56. The number of hydroxylamine groups is 2. The second-order valence-electron chi connectivity index (χ2n) is 21.0. The summed E-state index contributed by atoms with van der Waals surface area (Å²) in [6.07, 6.45) is -1.62. The number of hydrogen-bond donors (Lipinski definition) is 8. The van der Waals surface area contributed by atoms with E-state index in [4.69, 9.17) is 28.6 Å². The van der Waals surface area contributed by atoms with Gasteiger partial charge in [0.15, 0.2) is 11.6 Å². The standard InChI is InChI=1S/C53H66N8O15/c1-27(2)23-52(58-47(66)39-21-33-35(56-39)9-7-11-43(33)71-5)31(19-41(62)37(60-75-49(52)68)17-29-13-15-54-45(29)64)25-73-51(70)74-26-32-20-42(63)38(18-30-14-16-55-46(30)65)61-76-50(69)53(32,24-28(3)4)59-48(67)40-22-34-36(57-40)10-8-12-44(34)72-6/h7-12,21-22,27-32,37-38,56-57,60-61H,13-20,23-26H2,1-6H3,(H,54,64)(H,55,65)(H,58,66)(H,59,67)/t29-,30-,31+,32+,37-,38-,52-,53-/m0/s1. The van der Waals surface area contributed by atoms with Crippen molar-refractivity contribution in [1.29, 1.82) is 0 Å². The van der Waals surface area contributed by atoms with Gasteiger partial charge in [-0.15, -0.1) is 11.0 Å². The highest BCUT2D eigenvalue weighted by Crippen LogP contribution is 2.37. The molecule has 8 rings (SSSR count). The van der Waals surface area contributed by atoms with Crippen molar-refractivity contribution in [3.8, 4) is 11.5 Å². The molecule has 4 amide bonds. The van der Waals surface area contributed by atoms with Crippen LogP contribution < -0.4 is 41.7 Å². The molecule has 4 saturated heterocycles. The molecule has 23 nitrogen and oxygen atoms in total. The second kappa shape index (κ2) is 23.2. The smallest absolute Gasteiger partial charge is 0.496 e. The van der Waals surface area contributed by atoms with Gasteiger partial charge in [0, 0.05) is 71.4 Å². The molecule has 2 aromatic carbocycles. The van der Waals surface area contributed by atoms with Crippen molar-refractivity contribution in [3.63, 3.8) is 0 Å². The number of H-pyrrole nitrogens is 2. The van der Waals surface area contributed by atoms with Crippen LogP contribution in [0.25, 0.3) is 21.8 Å². The molecule has 6 heterocycles. The molecule has 0 aliphatic carbocycles. The first-order valence-electron chi connectivity index (χ1n) is 25.6. The number of nitrogens with one attached hydrogen (secondary N) is 8. The van der Waals surface area contributed by atoms with Crippen molar-refractivity contribution in [3.05, 3.63) is 59.9 Å². The highest BCUT2D eigenvalue weighted by molar-refractivity contribution is 6.04. The van der Waals surface area contributed by atoms with E-state index in [0.717, 1.165) is 0 Å². The van der Waals surface area contributed by atoms with Gasteiger partial charge in [-0.1, -0.05) is 39.8 Å². The highest BCUT2D eigenvalue weighted by Gasteiger charge is 2.55. The quantitative estimate of drug-likeness (QED) is 0.0521. The monoisotopic (exact) mass is 1050 g/mol. The molecule has 0 saturated carbocycles. The molecule has 0 unspecified atom stereocenters. The summed E-state index contributed by atoms with van der Waals surface area (Å²) in [5, 5.41) is 12.4. The topological polar surface area (TPSA) is 313 Å². The lowest BCUT2D eigenvalue weighted by Crippen LogP contribution is -2.65. The maximum atomic E-state index is 14.7. The zero-order chi connectivity index (χ0) is 54.5. The molecular formula is C53H66N8O15. The summed E-state index contributed by atoms with van der Waals surface area (Å²) >= 11 is 0. The number of Topliss-reactive ketones (excluding diaryl/α,β-unsaturated/α-hetero) is 2. The molecule has 23 heteroatoms. The molecule has 8 N–H and O–H groups in total. The Morgan fingerprint density at radius 2 is 1.04 bits per heavy atom. The van der Waals surface area contributed by atoms with E-state index >= 15 is 0 Å². The van der Waals surface area contributed by atoms with Crippen LogP contribution in [-0.2, 0) is 47.9 Å². The van der Waals surface area contributed by atoms with E-state index in [1.807, 2.05) is 0 Å². The third-order valence-electron chi connectivity index (χ3n) is 14.9. The Labute approximate surface area is 437 Å². The zero-order valence-electron chi connectivity index (χ0n) is 43.3. The Morgan fingerprint density at radius 3 is 1.39 bits per heavy atom. The Hall–Kier alpha value is -7.53. The van der Waals surface area contributed by atoms with Crippen LogP contribution in [0, 0.1) is 35.5 Å². The summed E-state index contributed by atoms with van der Waals surface area (Å²) < 4.78 is 22.6. The van der Waals surface area contributed by atoms with Crippen LogP contribution in [-0.4, -0.2) is 127 Å². The summed E-state index contributed by atoms with van der Waals surface area (Å²) in [5.74, 6) is -8.49. The number of methoxy groups -OCH3 is 2. The summed E-state index contributed by atoms with van der Waals surface area (Å²) in [7, 11) is 2.97. The lowest BCUT2D eigenvalue weighted by Gasteiger charge is -2.42. The largest absolute Gasteiger partial charge is 0.508 e. The Bertz CT molecular complexity index is 2710. The van der Waals surface area contributed by atoms with Crippen molar-refractivity contribution in [1.82, 2.24) is 42.2 Å². The number of rotatable bonds is 18. The van der Waals surface area contributed by atoms with Crippen LogP contribution in [0.2, 0.25) is 0 Å². The van der Waals surface area contributed by atoms with E-state index in [0.29, 0.717) is 59.2 Å². The van der Waals surface area contributed by atoms with E-state index in [-0.39, 0.29) is 60.7 Å². The van der Waals surface area contributed by atoms with Crippen molar-refractivity contribution < 1.29 is 71.8 Å². The molecule has 0 spiro atoms. The molecule has 8 atom stereocenters. The van der Waals surface area contributed by atoms with Crippen LogP contribution in [0.3, 0.4) is 0 Å². The van der Waals surface area contributed by atoms with Crippen molar-refractivity contribution in [2.75, 3.05) is 40.5 Å². The van der Waals surface area contributed by atoms with Crippen molar-refractivity contribution in [2.45, 2.75) is 102 Å². The molecule has 4 aliphatic rings. The van der Waals surface area contributed by atoms with Gasteiger partial charge in [0.2, 0.25) is 11.8 Å². The predicted molar refractivity (Wildman–Crippen MR) is 270 cm³/mol. The van der Waals surface area contributed by atoms with Crippen LogP contribution >= 0.6 is 0 Å². The Morgan fingerprint density at radius 1 is 0.632 bits per heavy atom. The average Bonchev–Trinajstić information content (AvgIpc) is 4.23. The van der Waals surface area contributed by atoms with Gasteiger partial charge in [-0.2, -0.15) is 0 Å².